The predicted octanol–water partition coefficient (Wildman–Crippen LogP) is 2.29. The Hall–Kier alpha value is -2.08. The fraction of sp³-hybridized carbons (Fsp3) is 0.0909. The minimum Gasteiger partial charge on any atom is -0.310 e. The van der Waals surface area contributed by atoms with Gasteiger partial charge in [-0.3, -0.25) is 0 Å². The Balaban J connectivity index is 2.31. The van der Waals surface area contributed by atoms with Crippen molar-refractivity contribution in [2.75, 3.05) is 0 Å². The van der Waals surface area contributed by atoms with Crippen molar-refractivity contribution >= 4 is 0 Å². The second-order valence-electron chi connectivity index (χ2n) is 2.90. The number of hydrogen-bond donors (Lipinski definition) is 0. The van der Waals surface area contributed by atoms with Gasteiger partial charge in [0.1, 0.15) is 5.69 Å². The molecule has 0 saturated carbocycles. The van der Waals surface area contributed by atoms with Gasteiger partial charge >= 0.3 is 0 Å². The molecular weight excluding hydrogens is 174 g/mol. The molecule has 14 heavy (non-hydrogen) atoms. The fourth-order valence-corrected chi connectivity index (χ4v) is 1.25. The maximum absolute atomic E-state index is 6.73. The van der Waals surface area contributed by atoms with Crippen molar-refractivity contribution in [2.24, 2.45) is 0 Å². The van der Waals surface area contributed by atoms with E-state index in [2.05, 4.69) is 9.94 Å². The van der Waals surface area contributed by atoms with Gasteiger partial charge < -0.3 is 4.85 Å². The summed E-state index contributed by atoms with van der Waals surface area (Å²) in [4.78, 5) is 3.29. The second-order valence-corrected chi connectivity index (χ2v) is 2.90. The van der Waals surface area contributed by atoms with Crippen LogP contribution >= 0.6 is 0 Å². The number of benzene rings is 1. The molecule has 0 fully saturated rings. The summed E-state index contributed by atoms with van der Waals surface area (Å²) in [6.45, 7) is 7.08. The first-order chi connectivity index (χ1) is 6.90. The zero-order valence-electron chi connectivity index (χ0n) is 7.59. The van der Waals surface area contributed by atoms with E-state index in [9.17, 15) is 0 Å². The molecule has 0 amide bonds. The number of rotatable bonds is 2. The van der Waals surface area contributed by atoms with Crippen molar-refractivity contribution in [1.29, 1.82) is 0 Å². The third kappa shape index (κ3) is 1.64. The van der Waals surface area contributed by atoms with Crippen LogP contribution in [0.4, 0.5) is 0 Å². The minimum absolute atomic E-state index is 0.347. The molecule has 3 heteroatoms. The third-order valence-electron chi connectivity index (χ3n) is 1.91. The van der Waals surface area contributed by atoms with Crippen molar-refractivity contribution in [1.82, 2.24) is 9.78 Å². The fourth-order valence-electron chi connectivity index (χ4n) is 1.25. The lowest BCUT2D eigenvalue weighted by molar-refractivity contribution is 0.851. The van der Waals surface area contributed by atoms with Crippen molar-refractivity contribution < 1.29 is 0 Å². The van der Waals surface area contributed by atoms with E-state index in [0.29, 0.717) is 6.54 Å². The van der Waals surface area contributed by atoms with Gasteiger partial charge in [0.15, 0.2) is 0 Å². The van der Waals surface area contributed by atoms with Crippen LogP contribution in [0.1, 0.15) is 5.69 Å². The van der Waals surface area contributed by atoms with Crippen LogP contribution in [0.25, 0.3) is 10.5 Å². The Labute approximate surface area is 82.4 Å². The van der Waals surface area contributed by atoms with Crippen molar-refractivity contribution in [3.05, 3.63) is 59.7 Å². The summed E-state index contributed by atoms with van der Waals surface area (Å²) >= 11 is 0. The van der Waals surface area contributed by atoms with E-state index in [1.807, 2.05) is 42.6 Å². The molecule has 3 nitrogen and oxygen atoms in total. The number of aromatic nitrogens is 2. The molecular formula is C11H9N3. The molecule has 0 spiro atoms. The predicted molar refractivity (Wildman–Crippen MR) is 53.9 cm³/mol. The maximum atomic E-state index is 6.73. The average Bonchev–Trinajstić information content (AvgIpc) is 2.68. The van der Waals surface area contributed by atoms with E-state index in [1.165, 1.54) is 0 Å². The highest BCUT2D eigenvalue weighted by Gasteiger charge is 2.01. The van der Waals surface area contributed by atoms with Gasteiger partial charge in [-0.25, -0.2) is 11.3 Å². The molecule has 0 radical (unpaired) electrons. The highest BCUT2D eigenvalue weighted by molar-refractivity contribution is 5.30. The summed E-state index contributed by atoms with van der Waals surface area (Å²) < 4.78 is 1.78. The van der Waals surface area contributed by atoms with Crippen LogP contribution in [0.2, 0.25) is 0 Å². The minimum atomic E-state index is 0.347. The van der Waals surface area contributed by atoms with Crippen LogP contribution in [0.15, 0.2) is 42.6 Å². The first-order valence-corrected chi connectivity index (χ1v) is 4.33. The van der Waals surface area contributed by atoms with E-state index in [4.69, 9.17) is 6.57 Å². The maximum Gasteiger partial charge on any atom is 0.258 e. The van der Waals surface area contributed by atoms with E-state index in [0.717, 1.165) is 11.4 Å². The van der Waals surface area contributed by atoms with Crippen molar-refractivity contribution in [3.63, 3.8) is 0 Å². The Kier molecular flexibility index (Phi) is 2.28. The smallest absolute Gasteiger partial charge is 0.258 e. The van der Waals surface area contributed by atoms with Crippen LogP contribution < -0.4 is 0 Å². The van der Waals surface area contributed by atoms with Gasteiger partial charge in [-0.15, -0.1) is 0 Å². The van der Waals surface area contributed by atoms with Gasteiger partial charge in [0.05, 0.1) is 5.69 Å². The largest absolute Gasteiger partial charge is 0.310 e. The summed E-state index contributed by atoms with van der Waals surface area (Å²) in [6.07, 6.45) is 1.87. The topological polar surface area (TPSA) is 22.2 Å². The van der Waals surface area contributed by atoms with Crippen molar-refractivity contribution in [3.8, 4) is 5.69 Å². The lowest BCUT2D eigenvalue weighted by Gasteiger charge is -1.98. The van der Waals surface area contributed by atoms with Gasteiger partial charge in [-0.2, -0.15) is 5.10 Å². The molecule has 0 atom stereocenters. The first kappa shape index (κ1) is 8.52. The Morgan fingerprint density at radius 3 is 2.71 bits per heavy atom. The van der Waals surface area contributed by atoms with Gasteiger partial charge in [0.2, 0.25) is 0 Å². The lowest BCUT2D eigenvalue weighted by atomic mass is 10.3. The van der Waals surface area contributed by atoms with Crippen LogP contribution in [0.5, 0.6) is 0 Å². The quantitative estimate of drug-likeness (QED) is 0.655. The summed E-state index contributed by atoms with van der Waals surface area (Å²) in [5.74, 6) is 0. The number of nitrogens with zero attached hydrogens (tertiary/aromatic N) is 3. The summed E-state index contributed by atoms with van der Waals surface area (Å²) in [5.41, 5.74) is 1.83. The molecule has 0 unspecified atom stereocenters. The van der Waals surface area contributed by atoms with Gasteiger partial charge in [-0.05, 0) is 18.2 Å². The first-order valence-electron chi connectivity index (χ1n) is 4.33. The van der Waals surface area contributed by atoms with E-state index < -0.39 is 0 Å². The number of para-hydroxylation sites is 1. The molecule has 1 aromatic carbocycles. The Bertz CT molecular complexity index is 451. The lowest BCUT2D eigenvalue weighted by Crippen LogP contribution is -1.94. The molecule has 1 heterocycles. The summed E-state index contributed by atoms with van der Waals surface area (Å²) in [6, 6.07) is 11.7. The van der Waals surface area contributed by atoms with Crippen LogP contribution in [0.3, 0.4) is 0 Å². The highest BCUT2D eigenvalue weighted by atomic mass is 15.3. The Morgan fingerprint density at radius 1 is 1.21 bits per heavy atom. The second kappa shape index (κ2) is 3.75. The molecule has 1 aromatic heterocycles. The van der Waals surface area contributed by atoms with Crippen LogP contribution in [-0.4, -0.2) is 9.78 Å². The third-order valence-corrected chi connectivity index (χ3v) is 1.91. The summed E-state index contributed by atoms with van der Waals surface area (Å²) in [7, 11) is 0. The Morgan fingerprint density at radius 2 is 2.00 bits per heavy atom. The van der Waals surface area contributed by atoms with E-state index >= 15 is 0 Å². The zero-order valence-corrected chi connectivity index (χ0v) is 7.59. The molecule has 2 rings (SSSR count). The molecule has 2 aromatic rings. The van der Waals surface area contributed by atoms with Gasteiger partial charge in [-0.1, -0.05) is 18.2 Å². The zero-order chi connectivity index (χ0) is 9.80. The van der Waals surface area contributed by atoms with E-state index in [1.54, 1.807) is 4.68 Å². The molecule has 0 saturated heterocycles. The highest BCUT2D eigenvalue weighted by Crippen LogP contribution is 2.07. The molecule has 68 valence electrons. The molecule has 0 aliphatic heterocycles. The SMILES string of the molecule is [C-]#[N+]Cc1ccn(-c2ccccc2)n1. The standard InChI is InChI=1S/C11H9N3/c1-12-9-10-7-8-14(13-10)11-5-3-2-4-6-11/h2-8H,9H2. The molecule has 0 N–H and O–H groups in total. The molecule has 0 bridgehead atoms. The summed E-state index contributed by atoms with van der Waals surface area (Å²) in [5, 5.41) is 4.27. The van der Waals surface area contributed by atoms with Crippen LogP contribution in [0, 0.1) is 6.57 Å². The average molecular weight is 183 g/mol. The number of hydrogen-bond acceptors (Lipinski definition) is 1. The van der Waals surface area contributed by atoms with Crippen LogP contribution in [-0.2, 0) is 6.54 Å². The molecule has 0 aliphatic rings. The molecule has 0 aliphatic carbocycles. The van der Waals surface area contributed by atoms with E-state index in [-0.39, 0.29) is 0 Å². The van der Waals surface area contributed by atoms with Crippen molar-refractivity contribution in [2.45, 2.75) is 6.54 Å². The van der Waals surface area contributed by atoms with Gasteiger partial charge in [0.25, 0.3) is 6.54 Å². The normalized spacial score (nSPS) is 9.64. The van der Waals surface area contributed by atoms with Gasteiger partial charge in [0, 0.05) is 6.20 Å². The monoisotopic (exact) mass is 183 g/mol.